The molecule has 3 heterocycles. The van der Waals surface area contributed by atoms with Crippen LogP contribution in [0.3, 0.4) is 0 Å². The molecule has 118 valence electrons. The molecule has 3 rings (SSSR count). The van der Waals surface area contributed by atoms with E-state index in [9.17, 15) is 4.79 Å². The number of thiophene rings is 1. The average Bonchev–Trinajstić information content (AvgIpc) is 3.18. The third kappa shape index (κ3) is 2.93. The number of hydrogen-bond donors (Lipinski definition) is 1. The molecular weight excluding hydrogens is 338 g/mol. The van der Waals surface area contributed by atoms with Crippen molar-refractivity contribution >= 4 is 40.2 Å². The molecule has 22 heavy (non-hydrogen) atoms. The molecule has 0 radical (unpaired) electrons. The Balaban J connectivity index is 1.83. The van der Waals surface area contributed by atoms with Gasteiger partial charge < -0.3 is 10.6 Å². The summed E-state index contributed by atoms with van der Waals surface area (Å²) in [6.45, 7) is 6.13. The molecule has 2 aromatic heterocycles. The molecule has 1 unspecified atom stereocenters. The number of amides is 1. The van der Waals surface area contributed by atoms with Gasteiger partial charge in [0, 0.05) is 13.1 Å². The third-order valence-corrected chi connectivity index (χ3v) is 6.66. The first-order valence-electron chi connectivity index (χ1n) is 7.14. The van der Waals surface area contributed by atoms with Crippen molar-refractivity contribution in [3.63, 3.8) is 0 Å². The van der Waals surface area contributed by atoms with Crippen molar-refractivity contribution in [2.45, 2.75) is 20.3 Å². The first-order valence-corrected chi connectivity index (χ1v) is 9.15. The topological polar surface area (TPSA) is 59.2 Å². The van der Waals surface area contributed by atoms with Gasteiger partial charge in [0.1, 0.15) is 9.88 Å². The van der Waals surface area contributed by atoms with Crippen LogP contribution in [-0.4, -0.2) is 35.4 Å². The van der Waals surface area contributed by atoms with Crippen LogP contribution in [0.1, 0.15) is 28.7 Å². The second-order valence-electron chi connectivity index (χ2n) is 6.03. The van der Waals surface area contributed by atoms with Crippen LogP contribution < -0.4 is 5.73 Å². The molecular formula is C15H18ClN3OS2. The number of rotatable bonds is 3. The van der Waals surface area contributed by atoms with Crippen molar-refractivity contribution < 1.29 is 4.79 Å². The Labute approximate surface area is 142 Å². The highest BCUT2D eigenvalue weighted by atomic mass is 35.5. The van der Waals surface area contributed by atoms with E-state index in [1.54, 1.807) is 0 Å². The summed E-state index contributed by atoms with van der Waals surface area (Å²) >= 11 is 8.91. The number of aryl methyl sites for hydroxylation is 1. The van der Waals surface area contributed by atoms with Gasteiger partial charge in [-0.15, -0.1) is 22.7 Å². The van der Waals surface area contributed by atoms with E-state index in [2.05, 4.69) is 11.9 Å². The molecule has 0 bridgehead atoms. The fourth-order valence-corrected chi connectivity index (χ4v) is 4.77. The zero-order valence-corrected chi connectivity index (χ0v) is 14.9. The Morgan fingerprint density at radius 3 is 2.86 bits per heavy atom. The van der Waals surface area contributed by atoms with Gasteiger partial charge in [-0.2, -0.15) is 0 Å². The van der Waals surface area contributed by atoms with Crippen molar-refractivity contribution in [3.05, 3.63) is 27.0 Å². The van der Waals surface area contributed by atoms with Crippen molar-refractivity contribution in [2.75, 3.05) is 19.6 Å². The van der Waals surface area contributed by atoms with Crippen molar-refractivity contribution in [2.24, 2.45) is 11.1 Å². The molecule has 0 aliphatic carbocycles. The summed E-state index contributed by atoms with van der Waals surface area (Å²) in [6.07, 6.45) is 0.959. The predicted molar refractivity (Wildman–Crippen MR) is 92.9 cm³/mol. The van der Waals surface area contributed by atoms with Gasteiger partial charge in [-0.1, -0.05) is 18.5 Å². The maximum absolute atomic E-state index is 12.8. The minimum Gasteiger partial charge on any atom is -0.337 e. The van der Waals surface area contributed by atoms with E-state index < -0.39 is 0 Å². The molecule has 1 fully saturated rings. The van der Waals surface area contributed by atoms with Gasteiger partial charge in [-0.25, -0.2) is 4.98 Å². The monoisotopic (exact) mass is 355 g/mol. The predicted octanol–water partition coefficient (Wildman–Crippen LogP) is 3.64. The highest BCUT2D eigenvalue weighted by Crippen LogP contribution is 2.36. The zero-order chi connectivity index (χ0) is 15.9. The van der Waals surface area contributed by atoms with Gasteiger partial charge in [0.2, 0.25) is 0 Å². The number of nitrogens with zero attached hydrogens (tertiary/aromatic N) is 2. The highest BCUT2D eigenvalue weighted by Gasteiger charge is 2.36. The number of carbonyl (C=O) groups is 1. The lowest BCUT2D eigenvalue weighted by atomic mass is 9.90. The summed E-state index contributed by atoms with van der Waals surface area (Å²) in [5.41, 5.74) is 6.65. The van der Waals surface area contributed by atoms with Gasteiger partial charge in [0.05, 0.1) is 14.9 Å². The largest absolute Gasteiger partial charge is 0.337 e. The molecule has 1 aliphatic heterocycles. The molecule has 1 atom stereocenters. The van der Waals surface area contributed by atoms with Crippen LogP contribution in [0.2, 0.25) is 4.34 Å². The second kappa shape index (κ2) is 5.92. The van der Waals surface area contributed by atoms with E-state index in [-0.39, 0.29) is 11.3 Å². The van der Waals surface area contributed by atoms with Crippen LogP contribution >= 0.6 is 34.3 Å². The summed E-state index contributed by atoms with van der Waals surface area (Å²) < 4.78 is 0.731. The van der Waals surface area contributed by atoms with E-state index >= 15 is 0 Å². The summed E-state index contributed by atoms with van der Waals surface area (Å²) in [4.78, 5) is 20.9. The maximum atomic E-state index is 12.8. The SMILES string of the molecule is Cc1nc(-c2ccc(Cl)s2)sc1C(=O)N1CCC(C)(CN)C1. The molecule has 0 spiro atoms. The first-order chi connectivity index (χ1) is 10.4. The van der Waals surface area contributed by atoms with E-state index in [4.69, 9.17) is 17.3 Å². The second-order valence-corrected chi connectivity index (χ2v) is 8.74. The molecule has 4 nitrogen and oxygen atoms in total. The summed E-state index contributed by atoms with van der Waals surface area (Å²) in [5.74, 6) is 0.0704. The Bertz CT molecular complexity index is 711. The molecule has 0 saturated carbocycles. The van der Waals surface area contributed by atoms with E-state index in [1.807, 2.05) is 24.0 Å². The number of nitrogens with two attached hydrogens (primary N) is 1. The quantitative estimate of drug-likeness (QED) is 0.914. The van der Waals surface area contributed by atoms with Crippen LogP contribution in [-0.2, 0) is 0 Å². The number of carbonyl (C=O) groups excluding carboxylic acids is 1. The average molecular weight is 356 g/mol. The number of halogens is 1. The maximum Gasteiger partial charge on any atom is 0.265 e. The number of thiazole rings is 1. The number of likely N-dealkylation sites (tertiary alicyclic amines) is 1. The molecule has 1 saturated heterocycles. The van der Waals surface area contributed by atoms with Crippen LogP contribution in [0, 0.1) is 12.3 Å². The summed E-state index contributed by atoms with van der Waals surface area (Å²) in [5, 5.41) is 0.860. The Hall–Kier alpha value is -0.950. The van der Waals surface area contributed by atoms with Crippen LogP contribution in [0.5, 0.6) is 0 Å². The minimum atomic E-state index is 0.0400. The minimum absolute atomic E-state index is 0.0400. The van der Waals surface area contributed by atoms with Gasteiger partial charge in [-0.3, -0.25) is 4.79 Å². The molecule has 7 heteroatoms. The van der Waals surface area contributed by atoms with Gasteiger partial charge in [0.15, 0.2) is 0 Å². The van der Waals surface area contributed by atoms with Crippen LogP contribution in [0.15, 0.2) is 12.1 Å². The lowest BCUT2D eigenvalue weighted by molar-refractivity contribution is 0.0780. The lowest BCUT2D eigenvalue weighted by Crippen LogP contribution is -2.34. The fraction of sp³-hybridized carbons (Fsp3) is 0.467. The zero-order valence-electron chi connectivity index (χ0n) is 12.6. The molecule has 1 amide bonds. The van der Waals surface area contributed by atoms with Crippen molar-refractivity contribution in [1.82, 2.24) is 9.88 Å². The Morgan fingerprint density at radius 2 is 2.27 bits per heavy atom. The molecule has 2 N–H and O–H groups in total. The van der Waals surface area contributed by atoms with Crippen LogP contribution in [0.25, 0.3) is 9.88 Å². The number of aromatic nitrogens is 1. The standard InChI is InChI=1S/C15H18ClN3OS2/c1-9-12(14(20)19-6-5-15(2,7-17)8-19)22-13(18-9)10-3-4-11(16)21-10/h3-4H,5-8,17H2,1-2H3. The van der Waals surface area contributed by atoms with Crippen molar-refractivity contribution in [1.29, 1.82) is 0 Å². The smallest absolute Gasteiger partial charge is 0.265 e. The Kier molecular flexibility index (Phi) is 4.29. The summed E-state index contributed by atoms with van der Waals surface area (Å²) in [7, 11) is 0. The summed E-state index contributed by atoms with van der Waals surface area (Å²) in [6, 6.07) is 3.80. The van der Waals surface area contributed by atoms with Crippen molar-refractivity contribution in [3.8, 4) is 9.88 Å². The number of hydrogen-bond acceptors (Lipinski definition) is 5. The first kappa shape index (κ1) is 15.9. The third-order valence-electron chi connectivity index (χ3n) is 4.11. The van der Waals surface area contributed by atoms with Gasteiger partial charge in [-0.05, 0) is 37.4 Å². The van der Waals surface area contributed by atoms with Gasteiger partial charge in [0.25, 0.3) is 5.91 Å². The Morgan fingerprint density at radius 1 is 1.50 bits per heavy atom. The van der Waals surface area contributed by atoms with E-state index in [0.29, 0.717) is 6.54 Å². The van der Waals surface area contributed by atoms with Gasteiger partial charge >= 0.3 is 0 Å². The fourth-order valence-electron chi connectivity index (χ4n) is 2.64. The van der Waals surface area contributed by atoms with Crippen LogP contribution in [0.4, 0.5) is 0 Å². The normalized spacial score (nSPS) is 21.5. The molecule has 1 aliphatic rings. The molecule has 2 aromatic rings. The highest BCUT2D eigenvalue weighted by molar-refractivity contribution is 7.24. The molecule has 0 aromatic carbocycles. The lowest BCUT2D eigenvalue weighted by Gasteiger charge is -2.22. The van der Waals surface area contributed by atoms with E-state index in [0.717, 1.165) is 44.3 Å². The van der Waals surface area contributed by atoms with E-state index in [1.165, 1.54) is 22.7 Å².